The van der Waals surface area contributed by atoms with Gasteiger partial charge in [0, 0.05) is 0 Å². The van der Waals surface area contributed by atoms with Crippen LogP contribution < -0.4 is 0 Å². The van der Waals surface area contributed by atoms with Gasteiger partial charge in [-0.25, -0.2) is 0 Å². The van der Waals surface area contributed by atoms with Crippen LogP contribution in [0.1, 0.15) is 52.4 Å². The molecule has 0 amide bonds. The average molecular weight is 218 g/mol. The minimum absolute atomic E-state index is 0.922. The number of rotatable bonds is 5. The Balaban J connectivity index is 2.36. The first-order valence-corrected chi connectivity index (χ1v) is 6.62. The molecule has 1 aliphatic rings. The maximum absolute atomic E-state index is 4.17. The van der Waals surface area contributed by atoms with Gasteiger partial charge in [-0.2, -0.15) is 0 Å². The average Bonchev–Trinajstić information content (AvgIpc) is 2.28. The molecule has 0 nitrogen and oxygen atoms in total. The molecule has 90 valence electrons. The van der Waals surface area contributed by atoms with Gasteiger partial charge in [-0.05, 0) is 37.2 Å². The van der Waals surface area contributed by atoms with E-state index in [-0.39, 0.29) is 0 Å². The largest absolute Gasteiger partial charge is 0.0991 e. The molecule has 1 rings (SSSR count). The lowest BCUT2D eigenvalue weighted by molar-refractivity contribution is 0.242. The van der Waals surface area contributed by atoms with Crippen molar-refractivity contribution >= 4 is 0 Å². The molecule has 1 saturated carbocycles. The summed E-state index contributed by atoms with van der Waals surface area (Å²) in [5.41, 5.74) is 2.58. The zero-order valence-electron chi connectivity index (χ0n) is 11.0. The van der Waals surface area contributed by atoms with Gasteiger partial charge in [0.25, 0.3) is 0 Å². The lowest BCUT2D eigenvalue weighted by Crippen LogP contribution is -2.16. The fourth-order valence-electron chi connectivity index (χ4n) is 2.67. The van der Waals surface area contributed by atoms with Crippen LogP contribution in [0.4, 0.5) is 0 Å². The van der Waals surface area contributed by atoms with Crippen LogP contribution in [0.5, 0.6) is 0 Å². The molecule has 1 fully saturated rings. The van der Waals surface area contributed by atoms with E-state index in [9.17, 15) is 0 Å². The van der Waals surface area contributed by atoms with Gasteiger partial charge in [0.2, 0.25) is 0 Å². The highest BCUT2D eigenvalue weighted by Crippen LogP contribution is 2.33. The Morgan fingerprint density at radius 2 is 2.00 bits per heavy atom. The van der Waals surface area contributed by atoms with Crippen LogP contribution in [0.15, 0.2) is 36.5 Å². The molecular weight excluding hydrogens is 192 g/mol. The maximum Gasteiger partial charge on any atom is -0.0279 e. The summed E-state index contributed by atoms with van der Waals surface area (Å²) >= 11 is 0. The van der Waals surface area contributed by atoms with Crippen molar-refractivity contribution in [1.82, 2.24) is 0 Å². The van der Waals surface area contributed by atoms with E-state index in [0.717, 1.165) is 18.3 Å². The normalized spacial score (nSPS) is 26.5. The van der Waals surface area contributed by atoms with Crippen molar-refractivity contribution in [2.75, 3.05) is 0 Å². The number of hydrogen-bond acceptors (Lipinski definition) is 0. The van der Waals surface area contributed by atoms with Crippen molar-refractivity contribution < 1.29 is 0 Å². The van der Waals surface area contributed by atoms with E-state index < -0.39 is 0 Å². The van der Waals surface area contributed by atoms with Crippen molar-refractivity contribution in [3.63, 3.8) is 0 Å². The van der Waals surface area contributed by atoms with E-state index >= 15 is 0 Å². The van der Waals surface area contributed by atoms with E-state index in [1.54, 1.807) is 0 Å². The van der Waals surface area contributed by atoms with Gasteiger partial charge in [-0.1, -0.05) is 63.5 Å². The number of hydrogen-bond donors (Lipinski definition) is 0. The van der Waals surface area contributed by atoms with Gasteiger partial charge in [0.05, 0.1) is 0 Å². The van der Waals surface area contributed by atoms with Crippen LogP contribution in [-0.4, -0.2) is 0 Å². The molecule has 0 heteroatoms. The molecule has 16 heavy (non-hydrogen) atoms. The first-order valence-electron chi connectivity index (χ1n) is 6.62. The van der Waals surface area contributed by atoms with Gasteiger partial charge >= 0.3 is 0 Å². The zero-order valence-corrected chi connectivity index (χ0v) is 11.0. The second-order valence-corrected chi connectivity index (χ2v) is 5.25. The minimum Gasteiger partial charge on any atom is -0.0991 e. The lowest BCUT2D eigenvalue weighted by atomic mass is 9.77. The van der Waals surface area contributed by atoms with Crippen LogP contribution in [0.2, 0.25) is 0 Å². The fraction of sp³-hybridized carbons (Fsp3) is 0.625. The van der Waals surface area contributed by atoms with Crippen LogP contribution in [-0.2, 0) is 0 Å². The molecule has 1 aliphatic carbocycles. The SMILES string of the molecule is C=C/C=C(/C)C(=C)CCC1CCCCC1C. The first-order chi connectivity index (χ1) is 7.65. The summed E-state index contributed by atoms with van der Waals surface area (Å²) in [6, 6.07) is 0. The van der Waals surface area contributed by atoms with Crippen molar-refractivity contribution in [2.45, 2.75) is 52.4 Å². The van der Waals surface area contributed by atoms with Crippen LogP contribution in [0, 0.1) is 11.8 Å². The Morgan fingerprint density at radius 3 is 2.62 bits per heavy atom. The monoisotopic (exact) mass is 218 g/mol. The molecule has 0 aromatic rings. The van der Waals surface area contributed by atoms with E-state index in [2.05, 4.69) is 33.1 Å². The molecule has 0 radical (unpaired) electrons. The summed E-state index contributed by atoms with van der Waals surface area (Å²) in [7, 11) is 0. The molecule has 2 atom stereocenters. The van der Waals surface area contributed by atoms with Gasteiger partial charge in [0.1, 0.15) is 0 Å². The van der Waals surface area contributed by atoms with Crippen molar-refractivity contribution in [3.8, 4) is 0 Å². The molecule has 0 aromatic carbocycles. The molecule has 0 aromatic heterocycles. The Bertz CT molecular complexity index is 270. The molecule has 0 aliphatic heterocycles. The molecule has 0 N–H and O–H groups in total. The summed E-state index contributed by atoms with van der Waals surface area (Å²) < 4.78 is 0. The summed E-state index contributed by atoms with van der Waals surface area (Å²) in [6.07, 6.45) is 12.1. The van der Waals surface area contributed by atoms with Crippen molar-refractivity contribution in [2.24, 2.45) is 11.8 Å². The molecule has 0 bridgehead atoms. The molecule has 0 spiro atoms. The minimum atomic E-state index is 0.922. The maximum atomic E-state index is 4.17. The van der Waals surface area contributed by atoms with Crippen LogP contribution in [0.25, 0.3) is 0 Å². The highest BCUT2D eigenvalue weighted by molar-refractivity contribution is 5.28. The molecule has 2 unspecified atom stereocenters. The third-order valence-corrected chi connectivity index (χ3v) is 4.03. The lowest BCUT2D eigenvalue weighted by Gasteiger charge is -2.29. The van der Waals surface area contributed by atoms with Gasteiger partial charge in [0.15, 0.2) is 0 Å². The molecule has 0 heterocycles. The first kappa shape index (κ1) is 13.3. The van der Waals surface area contributed by atoms with Gasteiger partial charge in [-0.15, -0.1) is 0 Å². The third-order valence-electron chi connectivity index (χ3n) is 4.03. The summed E-state index contributed by atoms with van der Waals surface area (Å²) in [4.78, 5) is 0. The Kier molecular flexibility index (Phi) is 5.59. The predicted octanol–water partition coefficient (Wildman–Crippen LogP) is 5.28. The highest BCUT2D eigenvalue weighted by atomic mass is 14.3. The van der Waals surface area contributed by atoms with Crippen LogP contribution >= 0.6 is 0 Å². The Labute approximate surface area is 101 Å². The Hall–Kier alpha value is -0.780. The highest BCUT2D eigenvalue weighted by Gasteiger charge is 2.20. The van der Waals surface area contributed by atoms with Crippen molar-refractivity contribution in [1.29, 1.82) is 0 Å². The summed E-state index contributed by atoms with van der Waals surface area (Å²) in [6.45, 7) is 12.4. The standard InChI is InChI=1S/C16H26/c1-5-8-13(2)14(3)11-12-16-10-7-6-9-15(16)4/h5,8,15-16H,1,3,6-7,9-12H2,2,4H3/b13-8-. The molecule has 0 saturated heterocycles. The molecular formula is C16H26. The Morgan fingerprint density at radius 1 is 1.31 bits per heavy atom. The smallest absolute Gasteiger partial charge is 0.0279 e. The predicted molar refractivity (Wildman–Crippen MR) is 73.5 cm³/mol. The number of allylic oxidation sites excluding steroid dienone is 4. The topological polar surface area (TPSA) is 0 Å². The van der Waals surface area contributed by atoms with E-state index in [4.69, 9.17) is 0 Å². The van der Waals surface area contributed by atoms with Crippen molar-refractivity contribution in [3.05, 3.63) is 36.5 Å². The third kappa shape index (κ3) is 4.00. The zero-order chi connectivity index (χ0) is 12.0. The quantitative estimate of drug-likeness (QED) is 0.551. The van der Waals surface area contributed by atoms with E-state index in [1.165, 1.54) is 43.3 Å². The fourth-order valence-corrected chi connectivity index (χ4v) is 2.67. The summed E-state index contributed by atoms with van der Waals surface area (Å²) in [5, 5.41) is 0. The van der Waals surface area contributed by atoms with Crippen LogP contribution in [0.3, 0.4) is 0 Å². The summed E-state index contributed by atoms with van der Waals surface area (Å²) in [5.74, 6) is 1.85. The van der Waals surface area contributed by atoms with Gasteiger partial charge < -0.3 is 0 Å². The van der Waals surface area contributed by atoms with E-state index in [1.807, 2.05) is 6.08 Å². The van der Waals surface area contributed by atoms with Gasteiger partial charge in [-0.3, -0.25) is 0 Å². The van der Waals surface area contributed by atoms with E-state index in [0.29, 0.717) is 0 Å². The second kappa shape index (κ2) is 6.73. The second-order valence-electron chi connectivity index (χ2n) is 5.25.